The van der Waals surface area contributed by atoms with Crippen molar-refractivity contribution >= 4 is 23.5 Å². The molecule has 2 aromatic rings. The summed E-state index contributed by atoms with van der Waals surface area (Å²) in [7, 11) is 0. The third-order valence-electron chi connectivity index (χ3n) is 4.94. The van der Waals surface area contributed by atoms with Crippen molar-refractivity contribution in [2.75, 3.05) is 32.8 Å². The molecule has 0 aromatic heterocycles. The van der Waals surface area contributed by atoms with Crippen LogP contribution in [0.25, 0.3) is 0 Å². The number of rotatable bonds is 5. The maximum Gasteiger partial charge on any atom is 0.338 e. The Labute approximate surface area is 173 Å². The van der Waals surface area contributed by atoms with Crippen LogP contribution < -0.4 is 0 Å². The lowest BCUT2D eigenvalue weighted by molar-refractivity contribution is -0.136. The molecule has 0 unspecified atom stereocenters. The Hall–Kier alpha value is -2.64. The van der Waals surface area contributed by atoms with E-state index in [9.17, 15) is 19.1 Å². The Kier molecular flexibility index (Phi) is 6.71. The molecule has 0 atom stereocenters. The SMILES string of the molecule is Cc1ccc(C(=O)OCC(=O)N2CCN(Cc3c(F)cccc3Cl)CC2)cc1O. The molecule has 0 radical (unpaired) electrons. The monoisotopic (exact) mass is 420 g/mol. The summed E-state index contributed by atoms with van der Waals surface area (Å²) in [5.74, 6) is -1.30. The Morgan fingerprint density at radius 2 is 1.90 bits per heavy atom. The third kappa shape index (κ3) is 5.25. The maximum atomic E-state index is 13.9. The fourth-order valence-electron chi connectivity index (χ4n) is 3.10. The van der Waals surface area contributed by atoms with Crippen LogP contribution in [0.4, 0.5) is 4.39 Å². The quantitative estimate of drug-likeness (QED) is 0.753. The molecule has 1 fully saturated rings. The number of nitrogens with zero attached hydrogens (tertiary/aromatic N) is 2. The van der Waals surface area contributed by atoms with Crippen LogP contribution >= 0.6 is 11.6 Å². The van der Waals surface area contributed by atoms with Gasteiger partial charge in [0.15, 0.2) is 6.61 Å². The molecule has 1 amide bonds. The van der Waals surface area contributed by atoms with Crippen LogP contribution in [0.2, 0.25) is 5.02 Å². The number of carbonyl (C=O) groups excluding carboxylic acids is 2. The Morgan fingerprint density at radius 3 is 2.55 bits per heavy atom. The number of hydrogen-bond acceptors (Lipinski definition) is 5. The number of aryl methyl sites for hydroxylation is 1. The van der Waals surface area contributed by atoms with Crippen molar-refractivity contribution in [2.24, 2.45) is 0 Å². The third-order valence-corrected chi connectivity index (χ3v) is 5.29. The van der Waals surface area contributed by atoms with Crippen molar-refractivity contribution in [1.29, 1.82) is 0 Å². The second-order valence-corrected chi connectivity index (χ2v) is 7.34. The van der Waals surface area contributed by atoms with Gasteiger partial charge >= 0.3 is 5.97 Å². The Morgan fingerprint density at radius 1 is 1.17 bits per heavy atom. The molecule has 8 heteroatoms. The number of phenols is 1. The van der Waals surface area contributed by atoms with Gasteiger partial charge in [0.2, 0.25) is 0 Å². The van der Waals surface area contributed by atoms with Gasteiger partial charge in [-0.1, -0.05) is 23.7 Å². The van der Waals surface area contributed by atoms with E-state index in [4.69, 9.17) is 16.3 Å². The number of hydrogen-bond donors (Lipinski definition) is 1. The molecule has 1 aliphatic heterocycles. The maximum absolute atomic E-state index is 13.9. The van der Waals surface area contributed by atoms with E-state index in [1.54, 1.807) is 30.0 Å². The van der Waals surface area contributed by atoms with Crippen LogP contribution in [0.3, 0.4) is 0 Å². The van der Waals surface area contributed by atoms with E-state index in [0.717, 1.165) is 0 Å². The highest BCUT2D eigenvalue weighted by Crippen LogP contribution is 2.21. The zero-order valence-electron chi connectivity index (χ0n) is 16.0. The van der Waals surface area contributed by atoms with Crippen LogP contribution in [0.1, 0.15) is 21.5 Å². The molecule has 0 spiro atoms. The summed E-state index contributed by atoms with van der Waals surface area (Å²) in [6.45, 7) is 3.76. The number of carbonyl (C=O) groups is 2. The number of esters is 1. The van der Waals surface area contributed by atoms with Gasteiger partial charge in [0, 0.05) is 43.3 Å². The van der Waals surface area contributed by atoms with Gasteiger partial charge in [-0.15, -0.1) is 0 Å². The van der Waals surface area contributed by atoms with Gasteiger partial charge in [-0.25, -0.2) is 9.18 Å². The zero-order valence-corrected chi connectivity index (χ0v) is 16.8. The largest absolute Gasteiger partial charge is 0.508 e. The fraction of sp³-hybridized carbons (Fsp3) is 0.333. The van der Waals surface area contributed by atoms with E-state index in [2.05, 4.69) is 0 Å². The van der Waals surface area contributed by atoms with Gasteiger partial charge < -0.3 is 14.7 Å². The predicted octanol–water partition coefficient (Wildman–Crippen LogP) is 2.99. The summed E-state index contributed by atoms with van der Waals surface area (Å²) < 4.78 is 19.0. The number of piperazine rings is 1. The summed E-state index contributed by atoms with van der Waals surface area (Å²) >= 11 is 6.07. The van der Waals surface area contributed by atoms with Crippen molar-refractivity contribution in [3.8, 4) is 5.75 Å². The summed E-state index contributed by atoms with van der Waals surface area (Å²) in [4.78, 5) is 28.0. The number of aromatic hydroxyl groups is 1. The van der Waals surface area contributed by atoms with Gasteiger partial charge in [0.1, 0.15) is 11.6 Å². The van der Waals surface area contributed by atoms with Crippen molar-refractivity contribution in [2.45, 2.75) is 13.5 Å². The van der Waals surface area contributed by atoms with E-state index in [1.807, 2.05) is 4.90 Å². The average molecular weight is 421 g/mol. The molecular formula is C21H22ClFN2O4. The highest BCUT2D eigenvalue weighted by molar-refractivity contribution is 6.31. The van der Waals surface area contributed by atoms with E-state index in [-0.39, 0.29) is 29.6 Å². The van der Waals surface area contributed by atoms with Crippen LogP contribution in [-0.4, -0.2) is 59.6 Å². The van der Waals surface area contributed by atoms with E-state index in [1.165, 1.54) is 18.2 Å². The molecule has 154 valence electrons. The number of amides is 1. The minimum absolute atomic E-state index is 0.00291. The molecule has 1 saturated heterocycles. The zero-order chi connectivity index (χ0) is 21.0. The molecule has 1 aliphatic rings. The normalized spacial score (nSPS) is 14.7. The minimum Gasteiger partial charge on any atom is -0.508 e. The molecule has 3 rings (SSSR count). The first-order valence-corrected chi connectivity index (χ1v) is 9.62. The second-order valence-electron chi connectivity index (χ2n) is 6.93. The van der Waals surface area contributed by atoms with Gasteiger partial charge in [-0.3, -0.25) is 9.69 Å². The first-order chi connectivity index (χ1) is 13.8. The van der Waals surface area contributed by atoms with Crippen LogP contribution in [0.15, 0.2) is 36.4 Å². The highest BCUT2D eigenvalue weighted by atomic mass is 35.5. The van der Waals surface area contributed by atoms with Crippen molar-refractivity contribution < 1.29 is 23.8 Å². The van der Waals surface area contributed by atoms with Crippen molar-refractivity contribution in [3.05, 3.63) is 63.9 Å². The molecule has 2 aromatic carbocycles. The van der Waals surface area contributed by atoms with Gasteiger partial charge in [0.05, 0.1) is 5.56 Å². The van der Waals surface area contributed by atoms with Gasteiger partial charge in [-0.05, 0) is 36.8 Å². The summed E-state index contributed by atoms with van der Waals surface area (Å²) in [6, 6.07) is 9.06. The second kappa shape index (κ2) is 9.24. The number of phenolic OH excluding ortho intramolecular Hbond substituents is 1. The predicted molar refractivity (Wildman–Crippen MR) is 106 cm³/mol. The lowest BCUT2D eigenvalue weighted by atomic mass is 10.1. The Bertz CT molecular complexity index is 893. The standard InChI is InChI=1S/C21H22ClFN2O4/c1-14-5-6-15(11-19(14)26)21(28)29-13-20(27)25-9-7-24(8-10-25)12-16-17(22)3-2-4-18(16)23/h2-6,11,26H,7-10,12-13H2,1H3. The lowest BCUT2D eigenvalue weighted by Gasteiger charge is -2.34. The molecular weight excluding hydrogens is 399 g/mol. The average Bonchev–Trinajstić information content (AvgIpc) is 2.71. The van der Waals surface area contributed by atoms with E-state index in [0.29, 0.717) is 48.9 Å². The van der Waals surface area contributed by atoms with Gasteiger partial charge in [0.25, 0.3) is 5.91 Å². The first kappa shape index (κ1) is 21.1. The number of benzene rings is 2. The fourth-order valence-corrected chi connectivity index (χ4v) is 3.32. The van der Waals surface area contributed by atoms with Crippen molar-refractivity contribution in [3.63, 3.8) is 0 Å². The lowest BCUT2D eigenvalue weighted by Crippen LogP contribution is -2.49. The number of halogens is 2. The van der Waals surface area contributed by atoms with Gasteiger partial charge in [-0.2, -0.15) is 0 Å². The molecule has 1 heterocycles. The van der Waals surface area contributed by atoms with Crippen LogP contribution in [-0.2, 0) is 16.1 Å². The molecule has 29 heavy (non-hydrogen) atoms. The molecule has 0 aliphatic carbocycles. The van der Waals surface area contributed by atoms with Crippen LogP contribution in [0, 0.1) is 12.7 Å². The molecule has 0 bridgehead atoms. The summed E-state index contributed by atoms with van der Waals surface area (Å²) in [5, 5.41) is 10.1. The summed E-state index contributed by atoms with van der Waals surface area (Å²) in [6.07, 6.45) is 0. The topological polar surface area (TPSA) is 70.1 Å². The minimum atomic E-state index is -0.665. The number of ether oxygens (including phenoxy) is 1. The Balaban J connectivity index is 1.47. The smallest absolute Gasteiger partial charge is 0.338 e. The van der Waals surface area contributed by atoms with Crippen molar-refractivity contribution in [1.82, 2.24) is 9.80 Å². The highest BCUT2D eigenvalue weighted by Gasteiger charge is 2.23. The van der Waals surface area contributed by atoms with E-state index >= 15 is 0 Å². The van der Waals surface area contributed by atoms with E-state index < -0.39 is 5.97 Å². The van der Waals surface area contributed by atoms with Crippen LogP contribution in [0.5, 0.6) is 5.75 Å². The first-order valence-electron chi connectivity index (χ1n) is 9.25. The summed E-state index contributed by atoms with van der Waals surface area (Å²) in [5.41, 5.74) is 1.28. The molecule has 1 N–H and O–H groups in total. The molecule has 6 nitrogen and oxygen atoms in total. The molecule has 0 saturated carbocycles.